The van der Waals surface area contributed by atoms with Gasteiger partial charge in [-0.3, -0.25) is 24.2 Å². The molecule has 2 fully saturated rings. The van der Waals surface area contributed by atoms with E-state index in [0.717, 1.165) is 50.7 Å². The van der Waals surface area contributed by atoms with Gasteiger partial charge in [-0.1, -0.05) is 59.7 Å². The van der Waals surface area contributed by atoms with Crippen LogP contribution < -0.4 is 15.4 Å². The van der Waals surface area contributed by atoms with E-state index in [9.17, 15) is 57.3 Å². The standard InChI is InChI=1S/C57H85F3N4O16/c1-13-61-52(57(58,59)60)38-16-17-39(45(26-38)74-11)53(71)63-25-24-62-46(69)29-76-64-37(10)31(4)15-19-44-32(5)20-22-56(79-44)23-21-34(7)50(80-56)33(6)14-18-40(65)35(8)41(66)27-43(68)51(75-12)49(30(2)3)77-47(70)28-42(67)48-36(9)54(72)78-55(48)73/h16-17,26,30-35,40,42-44,49-51,65,67-68H,13-15,18-25,27-29H2,1-12H3,(H,62,69)(H,63,71)/b61-52?,64-37-/t31-,32+,33+,34-,35-,40-,42+,43+,44-,49+,50-,51-,56+/m0/s1. The van der Waals surface area contributed by atoms with Crippen LogP contribution in [0.3, 0.4) is 0 Å². The van der Waals surface area contributed by atoms with Gasteiger partial charge in [-0.25, -0.2) is 9.59 Å². The molecule has 80 heavy (non-hydrogen) atoms. The highest BCUT2D eigenvalue weighted by atomic mass is 19.4. The van der Waals surface area contributed by atoms with Crippen molar-refractivity contribution in [1.82, 2.24) is 10.6 Å². The van der Waals surface area contributed by atoms with Gasteiger partial charge >= 0.3 is 24.1 Å². The number of cyclic esters (lactones) is 2. The molecule has 1 aromatic carbocycles. The predicted octanol–water partition coefficient (Wildman–Crippen LogP) is 6.51. The predicted molar refractivity (Wildman–Crippen MR) is 287 cm³/mol. The highest BCUT2D eigenvalue weighted by Crippen LogP contribution is 2.46. The van der Waals surface area contributed by atoms with E-state index in [2.05, 4.69) is 46.3 Å². The number of ether oxygens (including phenoxy) is 6. The smallest absolute Gasteiger partial charge is 0.433 e. The number of esters is 3. The van der Waals surface area contributed by atoms with Crippen molar-refractivity contribution in [3.8, 4) is 5.75 Å². The number of oxime groups is 1. The van der Waals surface area contributed by atoms with Crippen molar-refractivity contribution < 1.29 is 90.5 Å². The Kier molecular flexibility index (Phi) is 25.7. The van der Waals surface area contributed by atoms with Crippen molar-refractivity contribution in [2.75, 3.05) is 40.5 Å². The number of nitrogens with zero attached hydrogens (tertiary/aromatic N) is 2. The van der Waals surface area contributed by atoms with E-state index >= 15 is 0 Å². The van der Waals surface area contributed by atoms with Crippen LogP contribution >= 0.6 is 0 Å². The summed E-state index contributed by atoms with van der Waals surface area (Å²) in [5.41, 5.74) is -1.05. The SMILES string of the molecule is CCN=C(c1ccc(C(=O)NCCNC(=O)CO/N=C(/C)[C@@H](C)CC[C@@H]2O[C@@]3(CC[C@H]2C)CC[C@H](C)[C@H]([C@H](C)CC[C@H](O)[C@H](C)C(=O)C[C@@H](O)[C@H](OC)[C@H](OC(=O)C[C@@H](O)C2=C(C)C(=O)OC2=O)C(C)C)O3)c(OC)c1)C(F)(F)F. The van der Waals surface area contributed by atoms with Crippen molar-refractivity contribution in [2.45, 2.75) is 188 Å². The molecule has 20 nitrogen and oxygen atoms in total. The normalized spacial score (nSPS) is 24.1. The van der Waals surface area contributed by atoms with E-state index in [-0.39, 0.29) is 90.1 Å². The Balaban J connectivity index is 1.20. The molecule has 2 amide bonds. The molecule has 450 valence electrons. The fourth-order valence-corrected chi connectivity index (χ4v) is 10.4. The molecule has 5 N–H and O–H groups in total. The Morgan fingerprint density at radius 2 is 1.54 bits per heavy atom. The molecule has 0 bridgehead atoms. The monoisotopic (exact) mass is 1140 g/mol. The third kappa shape index (κ3) is 18.6. The van der Waals surface area contributed by atoms with Crippen LogP contribution in [0.15, 0.2) is 39.5 Å². The van der Waals surface area contributed by atoms with Crippen molar-refractivity contribution in [3.05, 3.63) is 40.5 Å². The topological polar surface area (TPSA) is 276 Å². The highest BCUT2D eigenvalue weighted by molar-refractivity contribution is 6.12. The highest BCUT2D eigenvalue weighted by Gasteiger charge is 2.48. The van der Waals surface area contributed by atoms with Crippen LogP contribution in [0, 0.1) is 35.5 Å². The fraction of sp³-hybridized carbons (Fsp3) is 0.719. The number of alkyl halides is 3. The van der Waals surface area contributed by atoms with Crippen LogP contribution in [0.1, 0.15) is 149 Å². The zero-order valence-corrected chi connectivity index (χ0v) is 48.3. The van der Waals surface area contributed by atoms with E-state index in [4.69, 9.17) is 28.5 Å². The van der Waals surface area contributed by atoms with Gasteiger partial charge in [0.1, 0.15) is 29.5 Å². The van der Waals surface area contributed by atoms with Crippen molar-refractivity contribution in [2.24, 2.45) is 45.7 Å². The lowest BCUT2D eigenvalue weighted by atomic mass is 9.79. The van der Waals surface area contributed by atoms with Gasteiger partial charge in [-0.2, -0.15) is 13.2 Å². The molecule has 0 saturated carbocycles. The Labute approximate surface area is 467 Å². The van der Waals surface area contributed by atoms with E-state index in [1.807, 2.05) is 13.8 Å². The maximum atomic E-state index is 13.5. The summed E-state index contributed by atoms with van der Waals surface area (Å²) < 4.78 is 75.2. The average molecular weight is 1140 g/mol. The lowest BCUT2D eigenvalue weighted by Crippen LogP contribution is -2.53. The van der Waals surface area contributed by atoms with Gasteiger partial charge in [-0.15, -0.1) is 0 Å². The second-order valence-corrected chi connectivity index (χ2v) is 22.0. The zero-order valence-electron chi connectivity index (χ0n) is 48.3. The Morgan fingerprint density at radius 3 is 2.14 bits per heavy atom. The minimum Gasteiger partial charge on any atom is -0.496 e. The number of halogens is 3. The molecule has 23 heteroatoms. The number of aliphatic imine (C=N–C) groups is 1. The molecule has 0 aromatic heterocycles. The quantitative estimate of drug-likeness (QED) is 0.0180. The van der Waals surface area contributed by atoms with Gasteiger partial charge in [0.2, 0.25) is 0 Å². The van der Waals surface area contributed by atoms with Gasteiger partial charge < -0.3 is 59.2 Å². The number of aliphatic hydroxyl groups is 3. The van der Waals surface area contributed by atoms with Gasteiger partial charge in [0.25, 0.3) is 11.8 Å². The third-order valence-corrected chi connectivity index (χ3v) is 15.6. The molecule has 2 saturated heterocycles. The Hall–Kier alpha value is -5.33. The number of nitrogens with one attached hydrogen (secondary N) is 2. The molecule has 3 aliphatic rings. The number of Topliss-reactive ketones (excluding diaryl/α,β-unsaturated/α-hetero) is 1. The summed E-state index contributed by atoms with van der Waals surface area (Å²) >= 11 is 0. The summed E-state index contributed by atoms with van der Waals surface area (Å²) in [5, 5.41) is 42.5. The molecular weight excluding hydrogens is 1050 g/mol. The number of rotatable bonds is 30. The van der Waals surface area contributed by atoms with Crippen LogP contribution in [-0.4, -0.2) is 157 Å². The van der Waals surface area contributed by atoms with Crippen molar-refractivity contribution >= 4 is 46.9 Å². The summed E-state index contributed by atoms with van der Waals surface area (Å²) in [4.78, 5) is 84.5. The first-order valence-corrected chi connectivity index (χ1v) is 27.7. The number of carbonyl (C=O) groups excluding carboxylic acids is 6. The summed E-state index contributed by atoms with van der Waals surface area (Å²) in [5.74, 6) is -6.01. The second kappa shape index (κ2) is 30.6. The van der Waals surface area contributed by atoms with Crippen LogP contribution in [-0.2, 0) is 52.5 Å². The lowest BCUT2D eigenvalue weighted by Gasteiger charge is -2.51. The number of aliphatic hydroxyl groups excluding tert-OH is 3. The van der Waals surface area contributed by atoms with E-state index < -0.39 is 108 Å². The van der Waals surface area contributed by atoms with Gasteiger partial charge in [0.05, 0.1) is 60.9 Å². The number of hydrogen-bond acceptors (Lipinski definition) is 18. The molecule has 4 rings (SSSR count). The molecule has 0 aliphatic carbocycles. The molecule has 3 aliphatic heterocycles. The van der Waals surface area contributed by atoms with Crippen LogP contribution in [0.2, 0.25) is 0 Å². The Morgan fingerprint density at radius 1 is 0.875 bits per heavy atom. The second-order valence-electron chi connectivity index (χ2n) is 22.0. The molecule has 1 aromatic rings. The molecule has 1 spiro atoms. The molecular formula is C57H85F3N4O16. The first-order valence-electron chi connectivity index (χ1n) is 27.7. The van der Waals surface area contributed by atoms with Crippen LogP contribution in [0.4, 0.5) is 13.2 Å². The number of ketones is 1. The average Bonchev–Trinajstić information content (AvgIpc) is 3.66. The first-order chi connectivity index (χ1) is 37.6. The number of methoxy groups -OCH3 is 2. The van der Waals surface area contributed by atoms with Gasteiger partial charge in [-0.05, 0) is 101 Å². The summed E-state index contributed by atoms with van der Waals surface area (Å²) in [6.45, 7) is 17.7. The number of carbonyl (C=O) groups is 6. The minimum atomic E-state index is -4.69. The molecule has 0 unspecified atom stereocenters. The van der Waals surface area contributed by atoms with Crippen LogP contribution in [0.5, 0.6) is 5.75 Å². The largest absolute Gasteiger partial charge is 0.496 e. The minimum absolute atomic E-state index is 0.000733. The van der Waals surface area contributed by atoms with Gasteiger partial charge in [0.15, 0.2) is 12.4 Å². The van der Waals surface area contributed by atoms with Crippen molar-refractivity contribution in [1.29, 1.82) is 0 Å². The van der Waals surface area contributed by atoms with E-state index in [1.165, 1.54) is 34.1 Å². The fourth-order valence-electron chi connectivity index (χ4n) is 10.4. The summed E-state index contributed by atoms with van der Waals surface area (Å²) in [6, 6.07) is 3.48. The van der Waals surface area contributed by atoms with Crippen LogP contribution in [0.25, 0.3) is 0 Å². The maximum Gasteiger partial charge on any atom is 0.433 e. The molecule has 3 heterocycles. The van der Waals surface area contributed by atoms with Gasteiger partial charge in [0, 0.05) is 63.1 Å². The molecule has 0 radical (unpaired) electrons. The third-order valence-electron chi connectivity index (χ3n) is 15.6. The number of hydrogen-bond donors (Lipinski definition) is 5. The lowest BCUT2D eigenvalue weighted by molar-refractivity contribution is -0.338. The molecule has 13 atom stereocenters. The summed E-state index contributed by atoms with van der Waals surface area (Å²) in [6.07, 6.45) is -6.82. The first kappa shape index (κ1) is 67.2. The van der Waals surface area contributed by atoms with Crippen molar-refractivity contribution in [3.63, 3.8) is 0 Å². The van der Waals surface area contributed by atoms with E-state index in [1.54, 1.807) is 20.8 Å². The zero-order chi connectivity index (χ0) is 59.8. The Bertz CT molecular complexity index is 2390. The summed E-state index contributed by atoms with van der Waals surface area (Å²) in [7, 11) is 2.54. The van der Waals surface area contributed by atoms with E-state index in [0.29, 0.717) is 18.6 Å². The number of amides is 2. The number of benzene rings is 1. The maximum absolute atomic E-state index is 13.5.